The van der Waals surface area contributed by atoms with Gasteiger partial charge in [0.25, 0.3) is 0 Å². The topological polar surface area (TPSA) is 6.48 Å². The average Bonchev–Trinajstić information content (AvgIpc) is 2.30. The quantitative estimate of drug-likeness (QED) is 0.751. The highest BCUT2D eigenvalue weighted by Gasteiger charge is 2.14. The van der Waals surface area contributed by atoms with Crippen LogP contribution in [-0.4, -0.2) is 38.1 Å². The third-order valence-corrected chi connectivity index (χ3v) is 3.58. The van der Waals surface area contributed by atoms with Gasteiger partial charge < -0.3 is 9.80 Å². The molecule has 1 heterocycles. The molecule has 0 atom stereocenters. The highest BCUT2D eigenvalue weighted by atomic mass is 15.2. The molecule has 0 unspecified atom stereocenters. The van der Waals surface area contributed by atoms with E-state index in [4.69, 9.17) is 0 Å². The molecule has 0 spiro atoms. The van der Waals surface area contributed by atoms with Crippen molar-refractivity contribution in [1.82, 2.24) is 4.90 Å². The zero-order valence-electron chi connectivity index (χ0n) is 10.7. The molecule has 1 aliphatic heterocycles. The van der Waals surface area contributed by atoms with Gasteiger partial charge in [-0.1, -0.05) is 13.0 Å². The molecule has 1 saturated heterocycles. The lowest BCUT2D eigenvalue weighted by atomic mass is 10.1. The van der Waals surface area contributed by atoms with E-state index in [0.29, 0.717) is 0 Å². The predicted molar refractivity (Wildman–Crippen MR) is 70.3 cm³/mol. The summed E-state index contributed by atoms with van der Waals surface area (Å²) in [6, 6.07) is 6.89. The van der Waals surface area contributed by atoms with Crippen LogP contribution in [-0.2, 0) is 6.42 Å². The largest absolute Gasteiger partial charge is 0.369 e. The minimum atomic E-state index is 1.13. The second kappa shape index (κ2) is 4.88. The van der Waals surface area contributed by atoms with Crippen LogP contribution in [0, 0.1) is 6.92 Å². The van der Waals surface area contributed by atoms with Gasteiger partial charge in [-0.2, -0.15) is 0 Å². The van der Waals surface area contributed by atoms with E-state index >= 15 is 0 Å². The Hall–Kier alpha value is -1.02. The number of likely N-dealkylation sites (N-methyl/N-ethyl adjacent to an activating group) is 1. The Morgan fingerprint density at radius 1 is 1.12 bits per heavy atom. The van der Waals surface area contributed by atoms with Gasteiger partial charge in [-0.3, -0.25) is 0 Å². The van der Waals surface area contributed by atoms with Crippen molar-refractivity contribution in [3.8, 4) is 0 Å². The minimum absolute atomic E-state index is 1.13. The highest BCUT2D eigenvalue weighted by molar-refractivity contribution is 5.51. The summed E-state index contributed by atoms with van der Waals surface area (Å²) in [4.78, 5) is 4.89. The lowest BCUT2D eigenvalue weighted by molar-refractivity contribution is 0.313. The molecule has 2 nitrogen and oxygen atoms in total. The minimum Gasteiger partial charge on any atom is -0.369 e. The maximum absolute atomic E-state index is 2.49. The number of piperazine rings is 1. The fourth-order valence-corrected chi connectivity index (χ4v) is 2.34. The molecule has 0 radical (unpaired) electrons. The molecule has 0 aromatic heterocycles. The molecule has 1 aromatic rings. The lowest BCUT2D eigenvalue weighted by Crippen LogP contribution is -2.44. The predicted octanol–water partition coefficient (Wildman–Crippen LogP) is 2.31. The third-order valence-electron chi connectivity index (χ3n) is 3.58. The van der Waals surface area contributed by atoms with Crippen molar-refractivity contribution in [2.75, 3.05) is 38.1 Å². The van der Waals surface area contributed by atoms with Crippen molar-refractivity contribution in [2.45, 2.75) is 20.3 Å². The van der Waals surface area contributed by atoms with Crippen molar-refractivity contribution in [3.63, 3.8) is 0 Å². The van der Waals surface area contributed by atoms with E-state index in [0.717, 1.165) is 19.5 Å². The third kappa shape index (κ3) is 2.38. The second-order valence-electron chi connectivity index (χ2n) is 4.75. The number of anilines is 1. The van der Waals surface area contributed by atoms with E-state index in [-0.39, 0.29) is 0 Å². The Labute approximate surface area is 98.9 Å². The Bertz CT molecular complexity index is 352. The van der Waals surface area contributed by atoms with Crippen molar-refractivity contribution in [1.29, 1.82) is 0 Å². The SMILES string of the molecule is CCc1ccc(N2CCN(C)CC2)cc1C. The van der Waals surface area contributed by atoms with E-state index in [1.165, 1.54) is 29.9 Å². The van der Waals surface area contributed by atoms with Crippen LogP contribution in [0.2, 0.25) is 0 Å². The van der Waals surface area contributed by atoms with Gasteiger partial charge in [-0.05, 0) is 43.7 Å². The van der Waals surface area contributed by atoms with Gasteiger partial charge in [0, 0.05) is 31.9 Å². The molecule has 0 N–H and O–H groups in total. The smallest absolute Gasteiger partial charge is 0.0369 e. The summed E-state index contributed by atoms with van der Waals surface area (Å²) >= 11 is 0. The van der Waals surface area contributed by atoms with Crippen LogP contribution in [0.1, 0.15) is 18.1 Å². The highest BCUT2D eigenvalue weighted by Crippen LogP contribution is 2.20. The van der Waals surface area contributed by atoms with Crippen LogP contribution in [0.25, 0.3) is 0 Å². The van der Waals surface area contributed by atoms with Crippen molar-refractivity contribution >= 4 is 5.69 Å². The van der Waals surface area contributed by atoms with Crippen LogP contribution in [0.5, 0.6) is 0 Å². The van der Waals surface area contributed by atoms with Gasteiger partial charge in [0.05, 0.1) is 0 Å². The van der Waals surface area contributed by atoms with Crippen LogP contribution >= 0.6 is 0 Å². The number of benzene rings is 1. The average molecular weight is 218 g/mol. The zero-order chi connectivity index (χ0) is 11.5. The summed E-state index contributed by atoms with van der Waals surface area (Å²) in [6.45, 7) is 9.10. The number of rotatable bonds is 2. The van der Waals surface area contributed by atoms with Crippen LogP contribution in [0.3, 0.4) is 0 Å². The van der Waals surface area contributed by atoms with E-state index in [1.54, 1.807) is 0 Å². The first-order chi connectivity index (χ1) is 7.70. The molecule has 2 rings (SSSR count). The first kappa shape index (κ1) is 11.5. The lowest BCUT2D eigenvalue weighted by Gasteiger charge is -2.34. The molecular formula is C14H22N2. The summed E-state index contributed by atoms with van der Waals surface area (Å²) in [7, 11) is 2.20. The van der Waals surface area contributed by atoms with Gasteiger partial charge in [0.15, 0.2) is 0 Å². The van der Waals surface area contributed by atoms with Crippen molar-refractivity contribution < 1.29 is 0 Å². The standard InChI is InChI=1S/C14H22N2/c1-4-13-5-6-14(11-12(13)2)16-9-7-15(3)8-10-16/h5-6,11H,4,7-10H2,1-3H3. The molecule has 1 aliphatic rings. The van der Waals surface area contributed by atoms with Gasteiger partial charge in [-0.15, -0.1) is 0 Å². The number of nitrogens with zero attached hydrogens (tertiary/aromatic N) is 2. The summed E-state index contributed by atoms with van der Waals surface area (Å²) < 4.78 is 0. The molecule has 0 amide bonds. The molecule has 2 heteroatoms. The molecule has 0 aliphatic carbocycles. The molecule has 0 saturated carbocycles. The molecule has 0 bridgehead atoms. The van der Waals surface area contributed by atoms with Crippen molar-refractivity contribution in [2.24, 2.45) is 0 Å². The summed E-state index contributed by atoms with van der Waals surface area (Å²) in [5.41, 5.74) is 4.29. The van der Waals surface area contributed by atoms with E-state index in [1.807, 2.05) is 0 Å². The Balaban J connectivity index is 2.12. The Morgan fingerprint density at radius 2 is 1.81 bits per heavy atom. The second-order valence-corrected chi connectivity index (χ2v) is 4.75. The molecule has 1 fully saturated rings. The Kier molecular flexibility index (Phi) is 3.49. The van der Waals surface area contributed by atoms with Gasteiger partial charge >= 0.3 is 0 Å². The first-order valence-corrected chi connectivity index (χ1v) is 6.23. The molecule has 16 heavy (non-hydrogen) atoms. The van der Waals surface area contributed by atoms with E-state index in [2.05, 4.69) is 48.9 Å². The maximum Gasteiger partial charge on any atom is 0.0369 e. The van der Waals surface area contributed by atoms with Crippen LogP contribution in [0.15, 0.2) is 18.2 Å². The van der Waals surface area contributed by atoms with Crippen LogP contribution in [0.4, 0.5) is 5.69 Å². The Morgan fingerprint density at radius 3 is 2.38 bits per heavy atom. The van der Waals surface area contributed by atoms with Gasteiger partial charge in [-0.25, -0.2) is 0 Å². The monoisotopic (exact) mass is 218 g/mol. The zero-order valence-corrected chi connectivity index (χ0v) is 10.7. The van der Waals surface area contributed by atoms with Gasteiger partial charge in [0.2, 0.25) is 0 Å². The van der Waals surface area contributed by atoms with Crippen molar-refractivity contribution in [3.05, 3.63) is 29.3 Å². The number of hydrogen-bond acceptors (Lipinski definition) is 2. The normalized spacial score (nSPS) is 17.8. The van der Waals surface area contributed by atoms with Crippen LogP contribution < -0.4 is 4.90 Å². The van der Waals surface area contributed by atoms with Gasteiger partial charge in [0.1, 0.15) is 0 Å². The maximum atomic E-state index is 2.49. The number of aryl methyl sites for hydroxylation is 2. The fraction of sp³-hybridized carbons (Fsp3) is 0.571. The summed E-state index contributed by atoms with van der Waals surface area (Å²) in [5, 5.41) is 0. The molecule has 88 valence electrons. The molecule has 1 aromatic carbocycles. The van der Waals surface area contributed by atoms with E-state index in [9.17, 15) is 0 Å². The molecular weight excluding hydrogens is 196 g/mol. The summed E-state index contributed by atoms with van der Waals surface area (Å²) in [6.07, 6.45) is 1.13. The number of hydrogen-bond donors (Lipinski definition) is 0. The van der Waals surface area contributed by atoms with E-state index < -0.39 is 0 Å². The fourth-order valence-electron chi connectivity index (χ4n) is 2.34. The summed E-state index contributed by atoms with van der Waals surface area (Å²) in [5.74, 6) is 0. The first-order valence-electron chi connectivity index (χ1n) is 6.23.